The van der Waals surface area contributed by atoms with Gasteiger partial charge in [0, 0.05) is 30.3 Å². The van der Waals surface area contributed by atoms with E-state index in [1.54, 1.807) is 11.3 Å². The minimum absolute atomic E-state index is 0. The van der Waals surface area contributed by atoms with Crippen molar-refractivity contribution in [2.24, 2.45) is 4.99 Å². The van der Waals surface area contributed by atoms with Gasteiger partial charge < -0.3 is 10.2 Å². The van der Waals surface area contributed by atoms with Crippen molar-refractivity contribution in [2.75, 3.05) is 14.1 Å². The van der Waals surface area contributed by atoms with Crippen LogP contribution in [-0.2, 0) is 25.9 Å². The lowest BCUT2D eigenvalue weighted by Crippen LogP contribution is -2.38. The van der Waals surface area contributed by atoms with Crippen molar-refractivity contribution in [3.63, 3.8) is 0 Å². The molecule has 0 unspecified atom stereocenters. The normalized spacial score (nSPS) is 14.1. The van der Waals surface area contributed by atoms with Crippen molar-refractivity contribution in [3.05, 3.63) is 31.7 Å². The Kier molecular flexibility index (Phi) is 8.28. The number of thiazole rings is 2. The number of nitrogens with one attached hydrogen (secondary N) is 1. The van der Waals surface area contributed by atoms with Gasteiger partial charge in [-0.2, -0.15) is 0 Å². The topological polar surface area (TPSA) is 53.4 Å². The Labute approximate surface area is 181 Å². The summed E-state index contributed by atoms with van der Waals surface area (Å²) in [7, 11) is 3.89. The first-order chi connectivity index (χ1) is 12.1. The molecule has 2 aromatic heterocycles. The zero-order valence-corrected chi connectivity index (χ0v) is 19.9. The maximum Gasteiger partial charge on any atom is 0.194 e. The predicted octanol–water partition coefficient (Wildman–Crippen LogP) is 4.43. The second kappa shape index (κ2) is 9.98. The summed E-state index contributed by atoms with van der Waals surface area (Å²) < 4.78 is 0. The largest absolute Gasteiger partial charge is 0.351 e. The summed E-state index contributed by atoms with van der Waals surface area (Å²) in [4.78, 5) is 17.5. The van der Waals surface area contributed by atoms with Crippen LogP contribution in [0.25, 0.3) is 0 Å². The fourth-order valence-electron chi connectivity index (χ4n) is 2.97. The van der Waals surface area contributed by atoms with E-state index in [9.17, 15) is 0 Å². The molecule has 8 heteroatoms. The van der Waals surface area contributed by atoms with Crippen molar-refractivity contribution in [2.45, 2.75) is 58.5 Å². The number of rotatable bonds is 5. The van der Waals surface area contributed by atoms with E-state index < -0.39 is 0 Å². The maximum absolute atomic E-state index is 4.83. The smallest absolute Gasteiger partial charge is 0.194 e. The van der Waals surface area contributed by atoms with Crippen LogP contribution >= 0.6 is 46.7 Å². The molecule has 1 aliphatic rings. The molecule has 1 N–H and O–H groups in total. The van der Waals surface area contributed by atoms with E-state index in [4.69, 9.17) is 4.98 Å². The predicted molar refractivity (Wildman–Crippen MR) is 122 cm³/mol. The Hall–Kier alpha value is -0.740. The van der Waals surface area contributed by atoms with Gasteiger partial charge in [-0.3, -0.25) is 4.99 Å². The van der Waals surface area contributed by atoms with Crippen molar-refractivity contribution in [1.29, 1.82) is 0 Å². The summed E-state index contributed by atoms with van der Waals surface area (Å²) in [5.74, 6) is 1.36. The third-order valence-corrected chi connectivity index (χ3v) is 6.66. The van der Waals surface area contributed by atoms with E-state index in [-0.39, 0.29) is 24.0 Å². The SMILES string of the molecule is CN=C(NCc1csc(C(C)C)n1)N(C)Cc1nc2c(s1)CCCC2.I. The molecule has 0 aliphatic heterocycles. The number of fused-ring (bicyclic) bond motifs is 1. The molecular formula is C18H28IN5S2. The number of aliphatic imine (C=N–C) groups is 1. The van der Waals surface area contributed by atoms with Crippen molar-refractivity contribution >= 4 is 52.6 Å². The number of halogens is 1. The zero-order valence-electron chi connectivity index (χ0n) is 15.9. The zero-order chi connectivity index (χ0) is 17.8. The molecular weight excluding hydrogens is 477 g/mol. The lowest BCUT2D eigenvalue weighted by Gasteiger charge is -2.20. The van der Waals surface area contributed by atoms with Gasteiger partial charge in [-0.25, -0.2) is 9.97 Å². The van der Waals surface area contributed by atoms with Gasteiger partial charge >= 0.3 is 0 Å². The molecule has 0 bridgehead atoms. The van der Waals surface area contributed by atoms with Gasteiger partial charge in [0.15, 0.2) is 5.96 Å². The summed E-state index contributed by atoms with van der Waals surface area (Å²) >= 11 is 3.60. The molecule has 0 saturated carbocycles. The van der Waals surface area contributed by atoms with Crippen LogP contribution in [0.15, 0.2) is 10.4 Å². The van der Waals surface area contributed by atoms with Gasteiger partial charge in [-0.15, -0.1) is 46.7 Å². The number of nitrogens with zero attached hydrogens (tertiary/aromatic N) is 4. The lowest BCUT2D eigenvalue weighted by atomic mass is 10.0. The van der Waals surface area contributed by atoms with Gasteiger partial charge in [0.25, 0.3) is 0 Å². The summed E-state index contributed by atoms with van der Waals surface area (Å²) in [6, 6.07) is 0. The molecule has 0 fully saturated rings. The number of hydrogen-bond acceptors (Lipinski definition) is 5. The van der Waals surface area contributed by atoms with Crippen LogP contribution in [0.2, 0.25) is 0 Å². The van der Waals surface area contributed by atoms with E-state index in [0.717, 1.165) is 24.6 Å². The summed E-state index contributed by atoms with van der Waals surface area (Å²) in [6.45, 7) is 5.85. The minimum atomic E-state index is 0. The van der Waals surface area contributed by atoms with Crippen LogP contribution < -0.4 is 5.32 Å². The summed E-state index contributed by atoms with van der Waals surface area (Å²) in [5.41, 5.74) is 2.40. The minimum Gasteiger partial charge on any atom is -0.351 e. The molecule has 1 aliphatic carbocycles. The average molecular weight is 505 g/mol. The van der Waals surface area contributed by atoms with Crippen LogP contribution in [0.3, 0.4) is 0 Å². The second-order valence-corrected chi connectivity index (χ2v) is 8.83. The van der Waals surface area contributed by atoms with Crippen molar-refractivity contribution < 1.29 is 0 Å². The van der Waals surface area contributed by atoms with Gasteiger partial charge in [-0.1, -0.05) is 13.8 Å². The number of aromatic nitrogens is 2. The standard InChI is InChI=1S/C18H27N5S2.HI/c1-12(2)17-21-13(11-24-17)9-20-18(19-3)23(4)10-16-22-14-7-5-6-8-15(14)25-16;/h11-12H,5-10H2,1-4H3,(H,19,20);1H. The number of guanidine groups is 1. The molecule has 0 spiro atoms. The molecule has 2 aromatic rings. The molecule has 3 rings (SSSR count). The Bertz CT molecular complexity index is 714. The molecule has 144 valence electrons. The Morgan fingerprint density at radius 2 is 2.08 bits per heavy atom. The first-order valence-electron chi connectivity index (χ1n) is 8.90. The van der Waals surface area contributed by atoms with Crippen LogP contribution in [0.5, 0.6) is 0 Å². The first-order valence-corrected chi connectivity index (χ1v) is 10.6. The van der Waals surface area contributed by atoms with Crippen LogP contribution in [0, 0.1) is 0 Å². The van der Waals surface area contributed by atoms with Crippen LogP contribution in [0.1, 0.15) is 58.9 Å². The molecule has 0 radical (unpaired) electrons. The maximum atomic E-state index is 4.83. The van der Waals surface area contributed by atoms with Gasteiger partial charge in [0.05, 0.1) is 29.5 Å². The highest BCUT2D eigenvalue weighted by molar-refractivity contribution is 14.0. The highest BCUT2D eigenvalue weighted by Gasteiger charge is 2.17. The molecule has 0 atom stereocenters. The van der Waals surface area contributed by atoms with Crippen LogP contribution in [0.4, 0.5) is 0 Å². The molecule has 0 aromatic carbocycles. The van der Waals surface area contributed by atoms with Crippen LogP contribution in [-0.4, -0.2) is 34.9 Å². The average Bonchev–Trinajstić information content (AvgIpc) is 3.21. The highest BCUT2D eigenvalue weighted by Crippen LogP contribution is 2.27. The first kappa shape index (κ1) is 21.6. The van der Waals surface area contributed by atoms with Crippen molar-refractivity contribution in [3.8, 4) is 0 Å². The summed E-state index contributed by atoms with van der Waals surface area (Å²) in [6.07, 6.45) is 4.93. The third kappa shape index (κ3) is 5.39. The molecule has 0 amide bonds. The Morgan fingerprint density at radius 1 is 1.31 bits per heavy atom. The van der Waals surface area contributed by atoms with E-state index in [0.29, 0.717) is 12.5 Å². The molecule has 5 nitrogen and oxygen atoms in total. The van der Waals surface area contributed by atoms with Gasteiger partial charge in [0.2, 0.25) is 0 Å². The number of hydrogen-bond donors (Lipinski definition) is 1. The van der Waals surface area contributed by atoms with E-state index in [1.807, 2.05) is 18.4 Å². The fraction of sp³-hybridized carbons (Fsp3) is 0.611. The second-order valence-electron chi connectivity index (χ2n) is 6.77. The fourth-order valence-corrected chi connectivity index (χ4v) is 5.02. The van der Waals surface area contributed by atoms with E-state index in [2.05, 4.69) is 46.5 Å². The third-order valence-electron chi connectivity index (χ3n) is 4.33. The Morgan fingerprint density at radius 3 is 2.73 bits per heavy atom. The number of aryl methyl sites for hydroxylation is 2. The highest BCUT2D eigenvalue weighted by atomic mass is 127. The molecule has 26 heavy (non-hydrogen) atoms. The molecule has 0 saturated heterocycles. The molecule has 2 heterocycles. The van der Waals surface area contributed by atoms with E-state index in [1.165, 1.54) is 39.8 Å². The van der Waals surface area contributed by atoms with Gasteiger partial charge in [-0.05, 0) is 25.7 Å². The van der Waals surface area contributed by atoms with Crippen molar-refractivity contribution in [1.82, 2.24) is 20.2 Å². The van der Waals surface area contributed by atoms with Gasteiger partial charge in [0.1, 0.15) is 5.01 Å². The quantitative estimate of drug-likeness (QED) is 0.371. The Balaban J connectivity index is 0.00000243. The van der Waals surface area contributed by atoms with E-state index >= 15 is 0 Å². The monoisotopic (exact) mass is 505 g/mol. The summed E-state index contributed by atoms with van der Waals surface area (Å²) in [5, 5.41) is 7.92. The lowest BCUT2D eigenvalue weighted by molar-refractivity contribution is 0.474.